The molecule has 1 amide bonds. The Labute approximate surface area is 138 Å². The van der Waals surface area contributed by atoms with Crippen LogP contribution in [0.3, 0.4) is 0 Å². The standard InChI is InChI=1S/C16H17FN6O/c1-10-14(11(2)22(3)20-10)15(24)19-16-18-9-23(21-16)8-12-5-4-6-13(17)7-12/h4-7,9H,8H2,1-3H3,(H,19,21,24). The SMILES string of the molecule is Cc1nn(C)c(C)c1C(=O)Nc1ncn(Cc2cccc(F)c2)n1. The van der Waals surface area contributed by atoms with E-state index in [-0.39, 0.29) is 17.7 Å². The number of hydrogen-bond donors (Lipinski definition) is 1. The summed E-state index contributed by atoms with van der Waals surface area (Å²) in [6.45, 7) is 3.97. The maximum Gasteiger partial charge on any atom is 0.261 e. The molecule has 0 radical (unpaired) electrons. The van der Waals surface area contributed by atoms with Crippen molar-refractivity contribution in [3.05, 3.63) is 58.9 Å². The number of anilines is 1. The van der Waals surface area contributed by atoms with E-state index >= 15 is 0 Å². The Morgan fingerprint density at radius 3 is 2.75 bits per heavy atom. The van der Waals surface area contributed by atoms with E-state index in [0.717, 1.165) is 11.3 Å². The lowest BCUT2D eigenvalue weighted by Gasteiger charge is -2.02. The highest BCUT2D eigenvalue weighted by molar-refractivity contribution is 6.04. The molecule has 2 aromatic heterocycles. The number of aryl methyl sites for hydroxylation is 2. The molecule has 24 heavy (non-hydrogen) atoms. The van der Waals surface area contributed by atoms with Crippen LogP contribution in [0.25, 0.3) is 0 Å². The van der Waals surface area contributed by atoms with E-state index < -0.39 is 0 Å². The van der Waals surface area contributed by atoms with Gasteiger partial charge in [0.25, 0.3) is 5.91 Å². The Morgan fingerprint density at radius 2 is 2.08 bits per heavy atom. The average molecular weight is 328 g/mol. The second-order valence-corrected chi connectivity index (χ2v) is 5.52. The molecule has 2 heterocycles. The molecule has 0 fully saturated rings. The molecule has 0 unspecified atom stereocenters. The molecule has 0 spiro atoms. The van der Waals surface area contributed by atoms with E-state index in [1.807, 2.05) is 6.92 Å². The van der Waals surface area contributed by atoms with Gasteiger partial charge < -0.3 is 0 Å². The molecule has 124 valence electrons. The summed E-state index contributed by atoms with van der Waals surface area (Å²) in [6.07, 6.45) is 1.49. The smallest absolute Gasteiger partial charge is 0.261 e. The second kappa shape index (κ2) is 6.23. The topological polar surface area (TPSA) is 77.6 Å². The molecule has 0 aliphatic carbocycles. The highest BCUT2D eigenvalue weighted by Crippen LogP contribution is 2.13. The monoisotopic (exact) mass is 328 g/mol. The van der Waals surface area contributed by atoms with Gasteiger partial charge in [-0.1, -0.05) is 12.1 Å². The molecular formula is C16H17FN6O. The number of halogens is 1. The van der Waals surface area contributed by atoms with Gasteiger partial charge in [0.05, 0.1) is 17.8 Å². The minimum atomic E-state index is -0.304. The van der Waals surface area contributed by atoms with Crippen molar-refractivity contribution in [3.63, 3.8) is 0 Å². The van der Waals surface area contributed by atoms with E-state index in [1.54, 1.807) is 30.8 Å². The number of hydrogen-bond acceptors (Lipinski definition) is 4. The maximum absolute atomic E-state index is 13.2. The summed E-state index contributed by atoms with van der Waals surface area (Å²) >= 11 is 0. The fraction of sp³-hybridized carbons (Fsp3) is 0.250. The molecule has 3 aromatic rings. The molecule has 0 saturated carbocycles. The van der Waals surface area contributed by atoms with Gasteiger partial charge in [0, 0.05) is 12.7 Å². The first-order valence-corrected chi connectivity index (χ1v) is 7.39. The highest BCUT2D eigenvalue weighted by Gasteiger charge is 2.18. The van der Waals surface area contributed by atoms with E-state index in [4.69, 9.17) is 0 Å². The Kier molecular flexibility index (Phi) is 4.11. The minimum Gasteiger partial charge on any atom is -0.289 e. The highest BCUT2D eigenvalue weighted by atomic mass is 19.1. The molecule has 7 nitrogen and oxygen atoms in total. The Hall–Kier alpha value is -3.03. The number of benzene rings is 1. The minimum absolute atomic E-state index is 0.194. The summed E-state index contributed by atoms with van der Waals surface area (Å²) in [6, 6.07) is 6.25. The first-order valence-electron chi connectivity index (χ1n) is 7.39. The summed E-state index contributed by atoms with van der Waals surface area (Å²) in [5.41, 5.74) is 2.69. The van der Waals surface area contributed by atoms with Crippen LogP contribution < -0.4 is 5.32 Å². The zero-order valence-electron chi connectivity index (χ0n) is 13.6. The number of rotatable bonds is 4. The zero-order valence-corrected chi connectivity index (χ0v) is 13.6. The van der Waals surface area contributed by atoms with Crippen LogP contribution in [-0.2, 0) is 13.6 Å². The molecule has 0 saturated heterocycles. The molecule has 0 bridgehead atoms. The lowest BCUT2D eigenvalue weighted by molar-refractivity contribution is 0.102. The number of carbonyl (C=O) groups excluding carboxylic acids is 1. The van der Waals surface area contributed by atoms with Gasteiger partial charge in [-0.15, -0.1) is 5.10 Å². The van der Waals surface area contributed by atoms with E-state index in [1.165, 1.54) is 23.1 Å². The van der Waals surface area contributed by atoms with Crippen LogP contribution in [0.5, 0.6) is 0 Å². The predicted molar refractivity (Wildman–Crippen MR) is 86.2 cm³/mol. The molecule has 0 aliphatic heterocycles. The quantitative estimate of drug-likeness (QED) is 0.795. The summed E-state index contributed by atoms with van der Waals surface area (Å²) in [5.74, 6) is -0.413. The van der Waals surface area contributed by atoms with Gasteiger partial charge in [-0.3, -0.25) is 14.8 Å². The number of nitrogens with one attached hydrogen (secondary N) is 1. The van der Waals surface area contributed by atoms with Gasteiger partial charge in [0.1, 0.15) is 12.1 Å². The second-order valence-electron chi connectivity index (χ2n) is 5.52. The van der Waals surface area contributed by atoms with Gasteiger partial charge in [0.2, 0.25) is 5.95 Å². The number of amides is 1. The first-order chi connectivity index (χ1) is 11.4. The fourth-order valence-corrected chi connectivity index (χ4v) is 2.52. The van der Waals surface area contributed by atoms with Crippen LogP contribution in [0.15, 0.2) is 30.6 Å². The van der Waals surface area contributed by atoms with Crippen molar-refractivity contribution in [3.8, 4) is 0 Å². The van der Waals surface area contributed by atoms with E-state index in [9.17, 15) is 9.18 Å². The Morgan fingerprint density at radius 1 is 1.29 bits per heavy atom. The van der Waals surface area contributed by atoms with Gasteiger partial charge in [0.15, 0.2) is 0 Å². The Bertz CT molecular complexity index is 898. The van der Waals surface area contributed by atoms with Crippen molar-refractivity contribution >= 4 is 11.9 Å². The summed E-state index contributed by atoms with van der Waals surface area (Å²) in [4.78, 5) is 16.4. The van der Waals surface area contributed by atoms with Gasteiger partial charge in [-0.2, -0.15) is 5.10 Å². The number of nitrogens with zero attached hydrogens (tertiary/aromatic N) is 5. The molecule has 0 atom stereocenters. The van der Waals surface area contributed by atoms with E-state index in [0.29, 0.717) is 17.8 Å². The normalized spacial score (nSPS) is 10.8. The van der Waals surface area contributed by atoms with E-state index in [2.05, 4.69) is 20.5 Å². The van der Waals surface area contributed by atoms with Crippen molar-refractivity contribution in [2.24, 2.45) is 7.05 Å². The summed E-state index contributed by atoms with van der Waals surface area (Å²) < 4.78 is 16.4. The maximum atomic E-state index is 13.2. The Balaban J connectivity index is 1.73. The first kappa shape index (κ1) is 15.9. The van der Waals surface area contributed by atoms with Crippen LogP contribution in [0.1, 0.15) is 27.3 Å². The van der Waals surface area contributed by atoms with Crippen molar-refractivity contribution in [1.29, 1.82) is 0 Å². The van der Waals surface area contributed by atoms with Gasteiger partial charge in [-0.25, -0.2) is 14.1 Å². The molecule has 8 heteroatoms. The third-order valence-corrected chi connectivity index (χ3v) is 3.73. The molecule has 0 aliphatic rings. The number of carbonyl (C=O) groups is 1. The lowest BCUT2D eigenvalue weighted by atomic mass is 10.2. The molecular weight excluding hydrogens is 311 g/mol. The molecule has 3 rings (SSSR count). The molecule has 1 aromatic carbocycles. The van der Waals surface area contributed by atoms with Crippen LogP contribution in [0, 0.1) is 19.7 Å². The van der Waals surface area contributed by atoms with Crippen LogP contribution in [0.2, 0.25) is 0 Å². The van der Waals surface area contributed by atoms with Crippen LogP contribution in [-0.4, -0.2) is 30.5 Å². The van der Waals surface area contributed by atoms with Crippen molar-refractivity contribution in [2.45, 2.75) is 20.4 Å². The predicted octanol–water partition coefficient (Wildman–Crippen LogP) is 2.07. The molecule has 1 N–H and O–H groups in total. The largest absolute Gasteiger partial charge is 0.289 e. The van der Waals surface area contributed by atoms with Crippen molar-refractivity contribution in [1.82, 2.24) is 24.5 Å². The number of aromatic nitrogens is 5. The summed E-state index contributed by atoms with van der Waals surface area (Å²) in [5, 5.41) is 11.1. The zero-order chi connectivity index (χ0) is 17.3. The van der Waals surface area contributed by atoms with Crippen molar-refractivity contribution in [2.75, 3.05) is 5.32 Å². The average Bonchev–Trinajstić information content (AvgIpc) is 3.04. The third-order valence-electron chi connectivity index (χ3n) is 3.73. The summed E-state index contributed by atoms with van der Waals surface area (Å²) in [7, 11) is 1.78. The fourth-order valence-electron chi connectivity index (χ4n) is 2.52. The van der Waals surface area contributed by atoms with Crippen molar-refractivity contribution < 1.29 is 9.18 Å². The third kappa shape index (κ3) is 3.17. The van der Waals surface area contributed by atoms with Gasteiger partial charge in [-0.05, 0) is 31.5 Å². The van der Waals surface area contributed by atoms with Crippen LogP contribution in [0.4, 0.5) is 10.3 Å². The van der Waals surface area contributed by atoms with Gasteiger partial charge >= 0.3 is 0 Å². The van der Waals surface area contributed by atoms with Crippen LogP contribution >= 0.6 is 0 Å². The lowest BCUT2D eigenvalue weighted by Crippen LogP contribution is -2.15.